The SMILES string of the molecule is COc1cccc(CCNC(=O)CCn2ncc3cc(OC)ccc32)c1. The van der Waals surface area contributed by atoms with Crippen LogP contribution in [0.3, 0.4) is 0 Å². The monoisotopic (exact) mass is 353 g/mol. The van der Waals surface area contributed by atoms with E-state index < -0.39 is 0 Å². The molecule has 1 amide bonds. The van der Waals surface area contributed by atoms with Crippen LogP contribution in [-0.4, -0.2) is 36.5 Å². The molecule has 3 rings (SSSR count). The third-order valence-corrected chi connectivity index (χ3v) is 4.27. The molecule has 1 heterocycles. The number of hydrogen-bond acceptors (Lipinski definition) is 4. The molecule has 0 aliphatic carbocycles. The molecule has 6 heteroatoms. The zero-order chi connectivity index (χ0) is 18.4. The number of aryl methyl sites for hydroxylation is 1. The number of carbonyl (C=O) groups excluding carboxylic acids is 1. The van der Waals surface area contributed by atoms with E-state index in [0.717, 1.165) is 34.4 Å². The zero-order valence-corrected chi connectivity index (χ0v) is 15.1. The third-order valence-electron chi connectivity index (χ3n) is 4.27. The first-order valence-electron chi connectivity index (χ1n) is 8.59. The second-order valence-electron chi connectivity index (χ2n) is 5.99. The van der Waals surface area contributed by atoms with Crippen LogP contribution < -0.4 is 14.8 Å². The molecule has 0 unspecified atom stereocenters. The second-order valence-corrected chi connectivity index (χ2v) is 5.99. The van der Waals surface area contributed by atoms with E-state index in [1.54, 1.807) is 20.4 Å². The predicted octanol–water partition coefficient (Wildman–Crippen LogP) is 2.80. The van der Waals surface area contributed by atoms with Gasteiger partial charge in [0.25, 0.3) is 0 Å². The maximum absolute atomic E-state index is 12.1. The number of ether oxygens (including phenoxy) is 2. The van der Waals surface area contributed by atoms with E-state index in [1.807, 2.05) is 47.1 Å². The van der Waals surface area contributed by atoms with Crippen LogP contribution in [0.4, 0.5) is 0 Å². The maximum atomic E-state index is 12.1. The van der Waals surface area contributed by atoms with Crippen LogP contribution in [-0.2, 0) is 17.8 Å². The van der Waals surface area contributed by atoms with Crippen molar-refractivity contribution in [2.75, 3.05) is 20.8 Å². The number of fused-ring (bicyclic) bond motifs is 1. The Bertz CT molecular complexity index is 889. The van der Waals surface area contributed by atoms with Gasteiger partial charge >= 0.3 is 0 Å². The fourth-order valence-electron chi connectivity index (χ4n) is 2.84. The number of nitrogens with one attached hydrogen (secondary N) is 1. The van der Waals surface area contributed by atoms with Crippen LogP contribution in [0.2, 0.25) is 0 Å². The van der Waals surface area contributed by atoms with Crippen LogP contribution in [0.25, 0.3) is 10.9 Å². The summed E-state index contributed by atoms with van der Waals surface area (Å²) in [6.45, 7) is 1.14. The van der Waals surface area contributed by atoms with E-state index in [-0.39, 0.29) is 5.91 Å². The molecule has 2 aromatic carbocycles. The number of hydrogen-bond donors (Lipinski definition) is 1. The molecular formula is C20H23N3O3. The van der Waals surface area contributed by atoms with E-state index >= 15 is 0 Å². The Labute approximate surface area is 152 Å². The van der Waals surface area contributed by atoms with Crippen molar-refractivity contribution >= 4 is 16.8 Å². The standard InChI is InChI=1S/C20H23N3O3/c1-25-17-5-3-4-15(12-17)8-10-21-20(24)9-11-23-19-7-6-18(26-2)13-16(19)14-22-23/h3-7,12-14H,8-11H2,1-2H3,(H,21,24). The number of rotatable bonds is 8. The Balaban J connectivity index is 1.48. The zero-order valence-electron chi connectivity index (χ0n) is 15.1. The predicted molar refractivity (Wildman–Crippen MR) is 101 cm³/mol. The average Bonchev–Trinajstić information content (AvgIpc) is 3.08. The molecule has 136 valence electrons. The quantitative estimate of drug-likeness (QED) is 0.676. The Morgan fingerprint density at radius 2 is 1.92 bits per heavy atom. The highest BCUT2D eigenvalue weighted by Gasteiger charge is 2.07. The summed E-state index contributed by atoms with van der Waals surface area (Å²) in [5.41, 5.74) is 2.13. The van der Waals surface area contributed by atoms with Crippen molar-refractivity contribution < 1.29 is 14.3 Å². The Morgan fingerprint density at radius 3 is 2.73 bits per heavy atom. The molecule has 0 fully saturated rings. The molecule has 0 spiro atoms. The number of aromatic nitrogens is 2. The molecule has 0 bridgehead atoms. The fourth-order valence-corrected chi connectivity index (χ4v) is 2.84. The molecule has 0 atom stereocenters. The molecule has 1 aromatic heterocycles. The van der Waals surface area contributed by atoms with Crippen molar-refractivity contribution in [1.82, 2.24) is 15.1 Å². The summed E-state index contributed by atoms with van der Waals surface area (Å²) in [6, 6.07) is 13.7. The van der Waals surface area contributed by atoms with Gasteiger partial charge in [0.15, 0.2) is 0 Å². The normalized spacial score (nSPS) is 10.7. The highest BCUT2D eigenvalue weighted by molar-refractivity contribution is 5.80. The summed E-state index contributed by atoms with van der Waals surface area (Å²) in [7, 11) is 3.29. The molecule has 1 N–H and O–H groups in total. The molecule has 6 nitrogen and oxygen atoms in total. The van der Waals surface area contributed by atoms with E-state index in [4.69, 9.17) is 9.47 Å². The van der Waals surface area contributed by atoms with Gasteiger partial charge in [-0.2, -0.15) is 5.10 Å². The van der Waals surface area contributed by atoms with E-state index in [2.05, 4.69) is 10.4 Å². The largest absolute Gasteiger partial charge is 0.497 e. The van der Waals surface area contributed by atoms with Gasteiger partial charge in [0, 0.05) is 18.4 Å². The van der Waals surface area contributed by atoms with Crippen molar-refractivity contribution in [3.8, 4) is 11.5 Å². The molecular weight excluding hydrogens is 330 g/mol. The minimum Gasteiger partial charge on any atom is -0.497 e. The average molecular weight is 353 g/mol. The summed E-state index contributed by atoms with van der Waals surface area (Å²) >= 11 is 0. The van der Waals surface area contributed by atoms with Crippen LogP contribution in [0.5, 0.6) is 11.5 Å². The fraction of sp³-hybridized carbons (Fsp3) is 0.300. The van der Waals surface area contributed by atoms with Gasteiger partial charge in [-0.1, -0.05) is 12.1 Å². The van der Waals surface area contributed by atoms with Gasteiger partial charge < -0.3 is 14.8 Å². The smallest absolute Gasteiger partial charge is 0.221 e. The molecule has 0 saturated carbocycles. The maximum Gasteiger partial charge on any atom is 0.221 e. The lowest BCUT2D eigenvalue weighted by atomic mass is 10.1. The Hall–Kier alpha value is -3.02. The summed E-state index contributed by atoms with van der Waals surface area (Å²) < 4.78 is 12.3. The highest BCUT2D eigenvalue weighted by Crippen LogP contribution is 2.20. The van der Waals surface area contributed by atoms with E-state index in [1.165, 1.54) is 0 Å². The summed E-state index contributed by atoms with van der Waals surface area (Å²) in [5.74, 6) is 1.65. The van der Waals surface area contributed by atoms with E-state index in [0.29, 0.717) is 19.5 Å². The number of amides is 1. The van der Waals surface area contributed by atoms with Crippen LogP contribution in [0.1, 0.15) is 12.0 Å². The minimum atomic E-state index is 0.0186. The van der Waals surface area contributed by atoms with Gasteiger partial charge in [-0.25, -0.2) is 0 Å². The van der Waals surface area contributed by atoms with Gasteiger partial charge in [0.05, 0.1) is 32.5 Å². The number of benzene rings is 2. The Kier molecular flexibility index (Phi) is 5.73. The second kappa shape index (κ2) is 8.38. The van der Waals surface area contributed by atoms with Crippen molar-refractivity contribution in [3.63, 3.8) is 0 Å². The Morgan fingerprint density at radius 1 is 1.12 bits per heavy atom. The molecule has 26 heavy (non-hydrogen) atoms. The first-order chi connectivity index (χ1) is 12.7. The van der Waals surface area contributed by atoms with Gasteiger partial charge in [0.2, 0.25) is 5.91 Å². The van der Waals surface area contributed by atoms with Gasteiger partial charge in [-0.3, -0.25) is 9.48 Å². The van der Waals surface area contributed by atoms with Crippen molar-refractivity contribution in [2.24, 2.45) is 0 Å². The topological polar surface area (TPSA) is 65.4 Å². The summed E-state index contributed by atoms with van der Waals surface area (Å²) in [6.07, 6.45) is 2.95. The molecule has 0 aliphatic heterocycles. The minimum absolute atomic E-state index is 0.0186. The molecule has 0 aliphatic rings. The summed E-state index contributed by atoms with van der Waals surface area (Å²) in [4.78, 5) is 12.1. The van der Waals surface area contributed by atoms with E-state index in [9.17, 15) is 4.79 Å². The molecule has 0 saturated heterocycles. The third kappa shape index (κ3) is 4.33. The lowest BCUT2D eigenvalue weighted by molar-refractivity contribution is -0.121. The van der Waals surface area contributed by atoms with Crippen LogP contribution in [0.15, 0.2) is 48.7 Å². The lowest BCUT2D eigenvalue weighted by Gasteiger charge is -2.08. The number of methoxy groups -OCH3 is 2. The van der Waals surface area contributed by atoms with Crippen molar-refractivity contribution in [3.05, 3.63) is 54.2 Å². The molecule has 3 aromatic rings. The first kappa shape index (κ1) is 17.8. The van der Waals surface area contributed by atoms with Gasteiger partial charge in [-0.05, 0) is 42.3 Å². The summed E-state index contributed by atoms with van der Waals surface area (Å²) in [5, 5.41) is 8.32. The van der Waals surface area contributed by atoms with Crippen molar-refractivity contribution in [2.45, 2.75) is 19.4 Å². The van der Waals surface area contributed by atoms with Gasteiger partial charge in [0.1, 0.15) is 11.5 Å². The van der Waals surface area contributed by atoms with Gasteiger partial charge in [-0.15, -0.1) is 0 Å². The molecule has 0 radical (unpaired) electrons. The van der Waals surface area contributed by atoms with Crippen LogP contribution >= 0.6 is 0 Å². The van der Waals surface area contributed by atoms with Crippen LogP contribution in [0, 0.1) is 0 Å². The lowest BCUT2D eigenvalue weighted by Crippen LogP contribution is -2.26. The number of nitrogens with zero attached hydrogens (tertiary/aromatic N) is 2. The number of carbonyl (C=O) groups is 1. The van der Waals surface area contributed by atoms with Crippen molar-refractivity contribution in [1.29, 1.82) is 0 Å². The highest BCUT2D eigenvalue weighted by atomic mass is 16.5. The first-order valence-corrected chi connectivity index (χ1v) is 8.59.